The first-order chi connectivity index (χ1) is 13.2. The highest BCUT2D eigenvalue weighted by molar-refractivity contribution is 14.0. The summed E-state index contributed by atoms with van der Waals surface area (Å²) in [4.78, 5) is 15.9. The Morgan fingerprint density at radius 2 is 1.46 bits per heavy atom. The number of carbonyl (C=O) groups excluding carboxylic acids is 1. The maximum absolute atomic E-state index is 11.7. The van der Waals surface area contributed by atoms with Gasteiger partial charge in [-0.3, -0.25) is 9.79 Å². The second-order valence-corrected chi connectivity index (χ2v) is 6.37. The quantitative estimate of drug-likeness (QED) is 0.284. The van der Waals surface area contributed by atoms with Crippen molar-refractivity contribution in [1.29, 1.82) is 0 Å². The van der Waals surface area contributed by atoms with E-state index >= 15 is 0 Å². The zero-order valence-electron chi connectivity index (χ0n) is 16.7. The summed E-state index contributed by atoms with van der Waals surface area (Å²) in [5.74, 6) is 0.929. The molecule has 0 aliphatic heterocycles. The predicted octanol–water partition coefficient (Wildman–Crippen LogP) is 3.52. The molecule has 28 heavy (non-hydrogen) atoms. The molecule has 0 bridgehead atoms. The molecule has 2 rings (SSSR count). The van der Waals surface area contributed by atoms with Crippen molar-refractivity contribution in [1.82, 2.24) is 16.0 Å². The first kappa shape index (κ1) is 23.9. The number of amides is 1. The number of hydrogen-bond acceptors (Lipinski definition) is 2. The fourth-order valence-electron chi connectivity index (χ4n) is 2.94. The van der Waals surface area contributed by atoms with Crippen molar-refractivity contribution in [3.8, 4) is 0 Å². The minimum Gasteiger partial charge on any atom is -0.356 e. The Kier molecular flexibility index (Phi) is 12.0. The lowest BCUT2D eigenvalue weighted by molar-refractivity contribution is -0.120. The zero-order valence-corrected chi connectivity index (χ0v) is 19.0. The molecule has 2 aromatic carbocycles. The fraction of sp³-hybridized carbons (Fsp3) is 0.364. The van der Waals surface area contributed by atoms with Gasteiger partial charge in [0.1, 0.15) is 0 Å². The molecule has 0 radical (unpaired) electrons. The molecule has 0 heterocycles. The van der Waals surface area contributed by atoms with Gasteiger partial charge in [-0.1, -0.05) is 67.6 Å². The second kappa shape index (κ2) is 14.0. The predicted molar refractivity (Wildman–Crippen MR) is 127 cm³/mol. The van der Waals surface area contributed by atoms with Crippen molar-refractivity contribution in [3.63, 3.8) is 0 Å². The van der Waals surface area contributed by atoms with Gasteiger partial charge in [-0.05, 0) is 24.0 Å². The Labute approximate surface area is 185 Å². The van der Waals surface area contributed by atoms with E-state index in [-0.39, 0.29) is 36.4 Å². The maximum atomic E-state index is 11.7. The van der Waals surface area contributed by atoms with Crippen LogP contribution in [-0.2, 0) is 4.79 Å². The summed E-state index contributed by atoms with van der Waals surface area (Å²) in [6, 6.07) is 21.1. The molecule has 0 spiro atoms. The lowest BCUT2D eigenvalue weighted by Crippen LogP contribution is -2.43. The molecule has 6 heteroatoms. The summed E-state index contributed by atoms with van der Waals surface area (Å²) in [6.07, 6.45) is 1.86. The van der Waals surface area contributed by atoms with Crippen molar-refractivity contribution >= 4 is 35.8 Å². The highest BCUT2D eigenvalue weighted by atomic mass is 127. The Morgan fingerprint density at radius 3 is 1.96 bits per heavy atom. The molecule has 1 amide bonds. The minimum atomic E-state index is -0.0220. The molecule has 0 fully saturated rings. The first-order valence-electron chi connectivity index (χ1n) is 9.55. The fourth-order valence-corrected chi connectivity index (χ4v) is 2.94. The summed E-state index contributed by atoms with van der Waals surface area (Å²) in [7, 11) is 1.71. The van der Waals surface area contributed by atoms with Crippen LogP contribution in [0.4, 0.5) is 0 Å². The van der Waals surface area contributed by atoms with E-state index in [0.29, 0.717) is 18.4 Å². The van der Waals surface area contributed by atoms with Crippen LogP contribution in [0.2, 0.25) is 0 Å². The average molecular weight is 494 g/mol. The number of aliphatic imine (C=N–C) groups is 1. The van der Waals surface area contributed by atoms with Gasteiger partial charge in [0.25, 0.3) is 0 Å². The van der Waals surface area contributed by atoms with Crippen molar-refractivity contribution in [2.75, 3.05) is 26.7 Å². The van der Waals surface area contributed by atoms with E-state index in [1.807, 2.05) is 19.1 Å². The van der Waals surface area contributed by atoms with Crippen molar-refractivity contribution in [2.45, 2.75) is 25.7 Å². The Balaban J connectivity index is 0.00000392. The lowest BCUT2D eigenvalue weighted by Gasteiger charge is -2.19. The van der Waals surface area contributed by atoms with Crippen LogP contribution in [0.1, 0.15) is 36.8 Å². The summed E-state index contributed by atoms with van der Waals surface area (Å²) in [6.45, 7) is 3.71. The number of rotatable bonds is 9. The van der Waals surface area contributed by atoms with E-state index < -0.39 is 0 Å². The molecule has 3 N–H and O–H groups in total. The van der Waals surface area contributed by atoms with Gasteiger partial charge in [-0.25, -0.2) is 0 Å². The van der Waals surface area contributed by atoms with E-state index in [0.717, 1.165) is 19.4 Å². The smallest absolute Gasteiger partial charge is 0.239 e. The van der Waals surface area contributed by atoms with E-state index in [9.17, 15) is 4.79 Å². The third kappa shape index (κ3) is 8.29. The van der Waals surface area contributed by atoms with Gasteiger partial charge in [0.05, 0.1) is 6.54 Å². The second-order valence-electron chi connectivity index (χ2n) is 6.37. The molecular formula is C22H31IN4O. The van der Waals surface area contributed by atoms with Gasteiger partial charge in [0.2, 0.25) is 5.91 Å². The molecular weight excluding hydrogens is 463 g/mol. The van der Waals surface area contributed by atoms with Crippen LogP contribution in [0.25, 0.3) is 0 Å². The third-order valence-electron chi connectivity index (χ3n) is 4.34. The molecule has 0 unspecified atom stereocenters. The number of benzene rings is 2. The van der Waals surface area contributed by atoms with Gasteiger partial charge < -0.3 is 16.0 Å². The Hall–Kier alpha value is -2.09. The summed E-state index contributed by atoms with van der Waals surface area (Å²) in [5.41, 5.74) is 2.60. The van der Waals surface area contributed by atoms with E-state index in [1.54, 1.807) is 7.05 Å². The number of hydrogen-bond donors (Lipinski definition) is 3. The number of guanidine groups is 1. The van der Waals surface area contributed by atoms with Gasteiger partial charge in [0, 0.05) is 26.1 Å². The van der Waals surface area contributed by atoms with Crippen LogP contribution in [0.5, 0.6) is 0 Å². The number of nitrogens with one attached hydrogen (secondary N) is 3. The van der Waals surface area contributed by atoms with E-state index in [2.05, 4.69) is 69.5 Å². The first-order valence-corrected chi connectivity index (χ1v) is 9.55. The van der Waals surface area contributed by atoms with Crippen molar-refractivity contribution in [3.05, 3.63) is 71.8 Å². The Bertz CT molecular complexity index is 667. The number of halogens is 1. The number of nitrogens with zero attached hydrogens (tertiary/aromatic N) is 1. The molecule has 0 aromatic heterocycles. The molecule has 0 aliphatic carbocycles. The highest BCUT2D eigenvalue weighted by Crippen LogP contribution is 2.27. The lowest BCUT2D eigenvalue weighted by atomic mass is 9.88. The molecule has 5 nitrogen and oxygen atoms in total. The highest BCUT2D eigenvalue weighted by Gasteiger charge is 2.13. The topological polar surface area (TPSA) is 65.5 Å². The minimum absolute atomic E-state index is 0. The summed E-state index contributed by atoms with van der Waals surface area (Å²) < 4.78 is 0. The Morgan fingerprint density at radius 1 is 0.893 bits per heavy atom. The van der Waals surface area contributed by atoms with E-state index in [1.165, 1.54) is 11.1 Å². The van der Waals surface area contributed by atoms with Crippen molar-refractivity contribution in [2.24, 2.45) is 4.99 Å². The van der Waals surface area contributed by atoms with Crippen LogP contribution in [0, 0.1) is 0 Å². The maximum Gasteiger partial charge on any atom is 0.239 e. The van der Waals surface area contributed by atoms with Gasteiger partial charge in [0.15, 0.2) is 5.96 Å². The molecule has 2 aromatic rings. The van der Waals surface area contributed by atoms with Gasteiger partial charge >= 0.3 is 0 Å². The van der Waals surface area contributed by atoms with Gasteiger partial charge in [-0.2, -0.15) is 0 Å². The van der Waals surface area contributed by atoms with Crippen LogP contribution in [-0.4, -0.2) is 38.5 Å². The van der Waals surface area contributed by atoms with E-state index in [4.69, 9.17) is 0 Å². The zero-order chi connectivity index (χ0) is 19.3. The number of carbonyl (C=O) groups is 1. The molecule has 0 saturated carbocycles. The molecule has 0 saturated heterocycles. The van der Waals surface area contributed by atoms with Crippen LogP contribution >= 0.6 is 24.0 Å². The molecule has 152 valence electrons. The largest absolute Gasteiger partial charge is 0.356 e. The normalized spacial score (nSPS) is 10.9. The molecule has 0 atom stereocenters. The standard InChI is InChI=1S/C22H30N4O.HI/c1-3-15-24-21(27)17-26-22(23-2)25-16-14-20(18-10-6-4-7-11-18)19-12-8-5-9-13-19;/h4-13,20H,3,14-17H2,1-2H3,(H,24,27)(H2,23,25,26);1H. The molecule has 0 aliphatic rings. The van der Waals surface area contributed by atoms with Crippen LogP contribution in [0.15, 0.2) is 65.7 Å². The third-order valence-corrected chi connectivity index (χ3v) is 4.34. The summed E-state index contributed by atoms with van der Waals surface area (Å²) >= 11 is 0. The summed E-state index contributed by atoms with van der Waals surface area (Å²) in [5, 5.41) is 9.21. The SMILES string of the molecule is CCCNC(=O)CNC(=NC)NCCC(c1ccccc1)c1ccccc1.I. The monoisotopic (exact) mass is 494 g/mol. The average Bonchev–Trinajstić information content (AvgIpc) is 2.73. The van der Waals surface area contributed by atoms with Crippen molar-refractivity contribution < 1.29 is 4.79 Å². The van der Waals surface area contributed by atoms with Crippen LogP contribution in [0.3, 0.4) is 0 Å². The van der Waals surface area contributed by atoms with Crippen LogP contribution < -0.4 is 16.0 Å². The van der Waals surface area contributed by atoms with Gasteiger partial charge in [-0.15, -0.1) is 24.0 Å².